The van der Waals surface area contributed by atoms with E-state index >= 15 is 0 Å². The second-order valence-electron chi connectivity index (χ2n) is 4.96. The molecule has 0 spiro atoms. The number of piperidine rings is 1. The maximum absolute atomic E-state index is 11.6. The Kier molecular flexibility index (Phi) is 6.06. The van der Waals surface area contributed by atoms with Crippen LogP contribution in [0.3, 0.4) is 0 Å². The summed E-state index contributed by atoms with van der Waals surface area (Å²) >= 11 is 1.38. The van der Waals surface area contributed by atoms with E-state index in [0.29, 0.717) is 5.13 Å². The molecular formula is C13H20N4O3S. The zero-order valence-corrected chi connectivity index (χ0v) is 12.9. The number of carbonyl (C=O) groups is 2. The Hall–Kier alpha value is -1.54. The van der Waals surface area contributed by atoms with E-state index in [2.05, 4.69) is 25.2 Å². The van der Waals surface area contributed by atoms with Crippen molar-refractivity contribution >= 4 is 28.3 Å². The van der Waals surface area contributed by atoms with Crippen LogP contribution in [0, 0.1) is 0 Å². The van der Waals surface area contributed by atoms with Gasteiger partial charge in [0, 0.05) is 6.42 Å². The summed E-state index contributed by atoms with van der Waals surface area (Å²) in [4.78, 5) is 25.0. The molecule has 0 radical (unpaired) electrons. The number of ether oxygens (including phenoxy) is 1. The molecule has 1 amide bonds. The van der Waals surface area contributed by atoms with Crippen molar-refractivity contribution in [1.82, 2.24) is 15.1 Å². The third-order valence-electron chi connectivity index (χ3n) is 3.30. The van der Waals surface area contributed by atoms with Crippen LogP contribution in [0.2, 0.25) is 0 Å². The summed E-state index contributed by atoms with van der Waals surface area (Å²) in [5, 5.41) is 12.1. The number of hydrogen-bond acceptors (Lipinski definition) is 7. The lowest BCUT2D eigenvalue weighted by molar-refractivity contribution is -0.141. The molecule has 1 saturated heterocycles. The predicted molar refractivity (Wildman–Crippen MR) is 78.9 cm³/mol. The molecule has 1 aromatic heterocycles. The minimum Gasteiger partial charge on any atom is -0.469 e. The Morgan fingerprint density at radius 3 is 2.71 bits per heavy atom. The topological polar surface area (TPSA) is 84.4 Å². The summed E-state index contributed by atoms with van der Waals surface area (Å²) in [6.07, 6.45) is 3.93. The number of anilines is 1. The number of nitrogens with zero attached hydrogens (tertiary/aromatic N) is 3. The van der Waals surface area contributed by atoms with Crippen molar-refractivity contribution in [3.05, 3.63) is 5.01 Å². The molecular weight excluding hydrogens is 292 g/mol. The van der Waals surface area contributed by atoms with E-state index in [-0.39, 0.29) is 18.7 Å². The highest BCUT2D eigenvalue weighted by Gasteiger charge is 2.14. The quantitative estimate of drug-likeness (QED) is 0.800. The average Bonchev–Trinajstić information content (AvgIpc) is 2.92. The molecule has 1 aromatic rings. The fourth-order valence-electron chi connectivity index (χ4n) is 2.18. The summed E-state index contributed by atoms with van der Waals surface area (Å²) in [6.45, 7) is 2.98. The lowest BCUT2D eigenvalue weighted by Gasteiger charge is -2.24. The van der Waals surface area contributed by atoms with E-state index in [1.54, 1.807) is 0 Å². The van der Waals surface area contributed by atoms with Gasteiger partial charge in [0.25, 0.3) is 0 Å². The van der Waals surface area contributed by atoms with Crippen molar-refractivity contribution in [3.63, 3.8) is 0 Å². The number of esters is 1. The molecule has 7 nitrogen and oxygen atoms in total. The van der Waals surface area contributed by atoms with Gasteiger partial charge in [-0.05, 0) is 25.9 Å². The first-order chi connectivity index (χ1) is 10.2. The lowest BCUT2D eigenvalue weighted by Crippen LogP contribution is -2.28. The van der Waals surface area contributed by atoms with E-state index in [0.717, 1.165) is 24.6 Å². The van der Waals surface area contributed by atoms with Crippen LogP contribution in [0.5, 0.6) is 0 Å². The second-order valence-corrected chi connectivity index (χ2v) is 6.02. The van der Waals surface area contributed by atoms with E-state index < -0.39 is 5.97 Å². The lowest BCUT2D eigenvalue weighted by atomic mass is 10.1. The molecule has 116 valence electrons. The predicted octanol–water partition coefficient (Wildman–Crippen LogP) is 1.42. The van der Waals surface area contributed by atoms with Gasteiger partial charge in [-0.1, -0.05) is 17.8 Å². The molecule has 1 fully saturated rings. The van der Waals surface area contributed by atoms with Crippen molar-refractivity contribution in [1.29, 1.82) is 0 Å². The molecule has 1 aliphatic heterocycles. The first kappa shape index (κ1) is 15.8. The van der Waals surface area contributed by atoms with E-state index in [4.69, 9.17) is 0 Å². The molecule has 0 unspecified atom stereocenters. The number of carbonyl (C=O) groups excluding carboxylic acids is 2. The number of methoxy groups -OCH3 is 1. The van der Waals surface area contributed by atoms with Crippen LogP contribution < -0.4 is 5.32 Å². The first-order valence-electron chi connectivity index (χ1n) is 7.09. The number of hydrogen-bond donors (Lipinski definition) is 1. The summed E-state index contributed by atoms with van der Waals surface area (Å²) in [7, 11) is 1.30. The Morgan fingerprint density at radius 1 is 1.24 bits per heavy atom. The van der Waals surface area contributed by atoms with Crippen molar-refractivity contribution in [2.45, 2.75) is 38.6 Å². The van der Waals surface area contributed by atoms with Crippen molar-refractivity contribution in [2.24, 2.45) is 0 Å². The van der Waals surface area contributed by atoms with E-state index in [1.165, 1.54) is 37.7 Å². The van der Waals surface area contributed by atoms with Crippen molar-refractivity contribution in [2.75, 3.05) is 25.5 Å². The Bertz CT molecular complexity index is 486. The molecule has 2 rings (SSSR count). The number of likely N-dealkylation sites (tertiary alicyclic amines) is 1. The number of rotatable bonds is 6. The van der Waals surface area contributed by atoms with Crippen LogP contribution in [0.25, 0.3) is 0 Å². The van der Waals surface area contributed by atoms with Gasteiger partial charge in [-0.25, -0.2) is 0 Å². The van der Waals surface area contributed by atoms with Gasteiger partial charge in [0.2, 0.25) is 11.0 Å². The molecule has 21 heavy (non-hydrogen) atoms. The zero-order valence-electron chi connectivity index (χ0n) is 12.1. The van der Waals surface area contributed by atoms with Gasteiger partial charge in [-0.3, -0.25) is 14.5 Å². The van der Waals surface area contributed by atoms with Crippen LogP contribution in [0.1, 0.15) is 37.1 Å². The SMILES string of the molecule is COC(=O)CCC(=O)Nc1nnc(CN2CCCCC2)s1. The molecule has 0 atom stereocenters. The van der Waals surface area contributed by atoms with E-state index in [9.17, 15) is 9.59 Å². The molecule has 0 bridgehead atoms. The monoisotopic (exact) mass is 312 g/mol. The Labute approximate surface area is 127 Å². The maximum atomic E-state index is 11.6. The van der Waals surface area contributed by atoms with Gasteiger partial charge in [-0.2, -0.15) is 0 Å². The van der Waals surface area contributed by atoms with Gasteiger partial charge in [-0.15, -0.1) is 10.2 Å². The molecule has 0 saturated carbocycles. The molecule has 0 aromatic carbocycles. The minimum absolute atomic E-state index is 0.0712. The third-order valence-corrected chi connectivity index (χ3v) is 4.13. The highest BCUT2D eigenvalue weighted by molar-refractivity contribution is 7.15. The fourth-order valence-corrected chi connectivity index (χ4v) is 2.97. The normalized spacial score (nSPS) is 15.7. The second kappa shape index (κ2) is 8.04. The van der Waals surface area contributed by atoms with Crippen molar-refractivity contribution in [3.8, 4) is 0 Å². The molecule has 8 heteroatoms. The van der Waals surface area contributed by atoms with Gasteiger partial charge in [0.05, 0.1) is 20.1 Å². The highest BCUT2D eigenvalue weighted by atomic mass is 32.1. The third kappa shape index (κ3) is 5.39. The Balaban J connectivity index is 1.76. The Morgan fingerprint density at radius 2 is 2.00 bits per heavy atom. The summed E-state index contributed by atoms with van der Waals surface area (Å²) < 4.78 is 4.49. The van der Waals surface area contributed by atoms with Gasteiger partial charge in [0.15, 0.2) is 0 Å². The highest BCUT2D eigenvalue weighted by Crippen LogP contribution is 2.19. The minimum atomic E-state index is -0.395. The zero-order chi connectivity index (χ0) is 15.1. The van der Waals surface area contributed by atoms with Crippen molar-refractivity contribution < 1.29 is 14.3 Å². The van der Waals surface area contributed by atoms with Crippen LogP contribution in [0.15, 0.2) is 0 Å². The van der Waals surface area contributed by atoms with Gasteiger partial charge >= 0.3 is 5.97 Å². The molecule has 2 heterocycles. The molecule has 1 N–H and O–H groups in total. The van der Waals surface area contributed by atoms with Crippen LogP contribution in [-0.2, 0) is 20.9 Å². The van der Waals surface area contributed by atoms with Crippen LogP contribution in [-0.4, -0.2) is 47.2 Å². The molecule has 1 aliphatic rings. The smallest absolute Gasteiger partial charge is 0.306 e. The summed E-state index contributed by atoms with van der Waals surface area (Å²) in [5.41, 5.74) is 0. The molecule has 0 aliphatic carbocycles. The maximum Gasteiger partial charge on any atom is 0.306 e. The van der Waals surface area contributed by atoms with Crippen LogP contribution >= 0.6 is 11.3 Å². The first-order valence-corrected chi connectivity index (χ1v) is 7.90. The van der Waals surface area contributed by atoms with Gasteiger partial charge in [0.1, 0.15) is 5.01 Å². The van der Waals surface area contributed by atoms with Crippen LogP contribution in [0.4, 0.5) is 5.13 Å². The number of nitrogens with one attached hydrogen (secondary N) is 1. The van der Waals surface area contributed by atoms with E-state index in [1.807, 2.05) is 0 Å². The standard InChI is InChI=1S/C13H20N4O3S/c1-20-12(19)6-5-10(18)14-13-16-15-11(21-13)9-17-7-3-2-4-8-17/h2-9H2,1H3,(H,14,16,18). The fraction of sp³-hybridized carbons (Fsp3) is 0.692. The largest absolute Gasteiger partial charge is 0.469 e. The van der Waals surface area contributed by atoms with Gasteiger partial charge < -0.3 is 10.1 Å². The summed E-state index contributed by atoms with van der Waals surface area (Å²) in [6, 6.07) is 0. The summed E-state index contributed by atoms with van der Waals surface area (Å²) in [5.74, 6) is -0.644. The number of aromatic nitrogens is 2. The average molecular weight is 312 g/mol. The number of amides is 1.